The molecule has 0 unspecified atom stereocenters. The second-order valence-electron chi connectivity index (χ2n) is 5.93. The Morgan fingerprint density at radius 3 is 2.65 bits per heavy atom. The van der Waals surface area contributed by atoms with Crippen molar-refractivity contribution in [2.45, 2.75) is 51.7 Å². The molecule has 1 aliphatic rings. The van der Waals surface area contributed by atoms with E-state index in [0.29, 0.717) is 16.5 Å². The summed E-state index contributed by atoms with van der Waals surface area (Å²) in [5.74, 6) is 0.608. The van der Waals surface area contributed by atoms with E-state index >= 15 is 0 Å². The van der Waals surface area contributed by atoms with Crippen LogP contribution in [0.1, 0.15) is 46.6 Å². The molecule has 0 spiro atoms. The summed E-state index contributed by atoms with van der Waals surface area (Å²) in [5, 5.41) is 6.95. The first-order valence-corrected chi connectivity index (χ1v) is 8.58. The molecule has 0 aliphatic heterocycles. The van der Waals surface area contributed by atoms with Gasteiger partial charge < -0.3 is 10.1 Å². The number of nitrogens with one attached hydrogen (secondary N) is 1. The number of rotatable bonds is 4. The van der Waals surface area contributed by atoms with Crippen LogP contribution in [0.25, 0.3) is 0 Å². The van der Waals surface area contributed by atoms with Gasteiger partial charge in [0.1, 0.15) is 11.0 Å². The number of nitrogens with zero attached hydrogens (tertiary/aromatic N) is 3. The summed E-state index contributed by atoms with van der Waals surface area (Å²) in [6, 6.07) is 4.09. The van der Waals surface area contributed by atoms with Gasteiger partial charge in [0, 0.05) is 18.3 Å². The molecule has 0 aromatic carbocycles. The molecule has 3 rings (SSSR count). The van der Waals surface area contributed by atoms with Gasteiger partial charge in [-0.1, -0.05) is 10.6 Å². The average Bonchev–Trinajstić information content (AvgIpc) is 2.98. The van der Waals surface area contributed by atoms with E-state index in [0.717, 1.165) is 42.8 Å². The Labute approximate surface area is 139 Å². The largest absolute Gasteiger partial charge is 0.474 e. The fourth-order valence-corrected chi connectivity index (χ4v) is 3.27. The summed E-state index contributed by atoms with van der Waals surface area (Å²) >= 11 is 1.14. The number of aryl methyl sites for hydroxylation is 2. The Balaban J connectivity index is 1.48. The Kier molecular flexibility index (Phi) is 4.85. The summed E-state index contributed by atoms with van der Waals surface area (Å²) in [6.07, 6.45) is 5.64. The molecule has 0 bridgehead atoms. The molecular weight excluding hydrogens is 312 g/mol. The van der Waals surface area contributed by atoms with Crippen molar-refractivity contribution in [3.8, 4) is 5.88 Å². The molecule has 2 heterocycles. The lowest BCUT2D eigenvalue weighted by molar-refractivity contribution is 0.0893. The Bertz CT molecular complexity index is 663. The standard InChI is InChI=1S/C16H20N4O2S/c1-10-3-8-14(17-9-10)22-13-6-4-12(5-7-13)18-16(21)15-11(2)19-20-23-15/h3,8-9,12-13H,4-7H2,1-2H3,(H,18,21). The fraction of sp³-hybridized carbons (Fsp3) is 0.500. The van der Waals surface area contributed by atoms with Crippen molar-refractivity contribution in [2.75, 3.05) is 0 Å². The van der Waals surface area contributed by atoms with Crippen LogP contribution in [-0.2, 0) is 0 Å². The molecule has 0 radical (unpaired) electrons. The molecule has 1 amide bonds. The van der Waals surface area contributed by atoms with Crippen LogP contribution in [-0.4, -0.2) is 32.6 Å². The molecule has 1 saturated carbocycles. The van der Waals surface area contributed by atoms with E-state index in [1.165, 1.54) is 0 Å². The topological polar surface area (TPSA) is 77.0 Å². The zero-order chi connectivity index (χ0) is 16.2. The van der Waals surface area contributed by atoms with Crippen molar-refractivity contribution >= 4 is 17.4 Å². The van der Waals surface area contributed by atoms with Gasteiger partial charge >= 0.3 is 0 Å². The fourth-order valence-electron chi connectivity index (χ4n) is 2.71. The zero-order valence-corrected chi connectivity index (χ0v) is 14.1. The number of hydrogen-bond donors (Lipinski definition) is 1. The Hall–Kier alpha value is -2.02. The van der Waals surface area contributed by atoms with Crippen molar-refractivity contribution in [2.24, 2.45) is 0 Å². The minimum absolute atomic E-state index is 0.0675. The third-order valence-electron chi connectivity index (χ3n) is 4.04. The zero-order valence-electron chi connectivity index (χ0n) is 13.3. The molecule has 1 fully saturated rings. The first kappa shape index (κ1) is 15.9. The minimum Gasteiger partial charge on any atom is -0.474 e. The predicted octanol–water partition coefficient (Wildman–Crippen LogP) is 2.67. The van der Waals surface area contributed by atoms with Crippen LogP contribution in [0.5, 0.6) is 5.88 Å². The molecule has 0 atom stereocenters. The summed E-state index contributed by atoms with van der Waals surface area (Å²) in [4.78, 5) is 17.1. The SMILES string of the molecule is Cc1ccc(OC2CCC(NC(=O)c3snnc3C)CC2)nc1. The second kappa shape index (κ2) is 7.04. The van der Waals surface area contributed by atoms with Crippen molar-refractivity contribution < 1.29 is 9.53 Å². The second-order valence-corrected chi connectivity index (χ2v) is 6.68. The molecular formula is C16H20N4O2S. The summed E-state index contributed by atoms with van der Waals surface area (Å²) < 4.78 is 9.72. The van der Waals surface area contributed by atoms with Crippen LogP contribution in [0.15, 0.2) is 18.3 Å². The third-order valence-corrected chi connectivity index (χ3v) is 4.87. The molecule has 122 valence electrons. The van der Waals surface area contributed by atoms with E-state index in [1.54, 1.807) is 6.92 Å². The Morgan fingerprint density at radius 1 is 1.26 bits per heavy atom. The first-order chi connectivity index (χ1) is 11.1. The van der Waals surface area contributed by atoms with Gasteiger partial charge in [0.25, 0.3) is 5.91 Å². The monoisotopic (exact) mass is 332 g/mol. The van der Waals surface area contributed by atoms with Crippen LogP contribution in [0.2, 0.25) is 0 Å². The predicted molar refractivity (Wildman–Crippen MR) is 87.8 cm³/mol. The van der Waals surface area contributed by atoms with Gasteiger partial charge in [0.05, 0.1) is 5.69 Å². The van der Waals surface area contributed by atoms with Gasteiger partial charge in [0.15, 0.2) is 0 Å². The lowest BCUT2D eigenvalue weighted by Gasteiger charge is -2.29. The molecule has 2 aromatic rings. The highest BCUT2D eigenvalue weighted by Crippen LogP contribution is 2.23. The van der Waals surface area contributed by atoms with E-state index < -0.39 is 0 Å². The Morgan fingerprint density at radius 2 is 2.04 bits per heavy atom. The van der Waals surface area contributed by atoms with Gasteiger partial charge in [-0.15, -0.1) is 5.10 Å². The van der Waals surface area contributed by atoms with E-state index in [4.69, 9.17) is 4.74 Å². The van der Waals surface area contributed by atoms with Gasteiger partial charge in [-0.05, 0) is 56.6 Å². The third kappa shape index (κ3) is 4.04. The quantitative estimate of drug-likeness (QED) is 0.931. The van der Waals surface area contributed by atoms with Crippen molar-refractivity contribution in [3.63, 3.8) is 0 Å². The molecule has 1 aliphatic carbocycles. The van der Waals surface area contributed by atoms with Crippen molar-refractivity contribution in [3.05, 3.63) is 34.5 Å². The number of carbonyl (C=O) groups is 1. The van der Waals surface area contributed by atoms with Crippen LogP contribution in [0, 0.1) is 13.8 Å². The number of pyridine rings is 1. The minimum atomic E-state index is -0.0675. The average molecular weight is 332 g/mol. The first-order valence-electron chi connectivity index (χ1n) is 7.81. The van der Waals surface area contributed by atoms with Gasteiger partial charge in [-0.3, -0.25) is 4.79 Å². The van der Waals surface area contributed by atoms with Crippen molar-refractivity contribution in [1.82, 2.24) is 19.9 Å². The van der Waals surface area contributed by atoms with Gasteiger partial charge in [-0.25, -0.2) is 4.98 Å². The van der Waals surface area contributed by atoms with Crippen LogP contribution in [0.3, 0.4) is 0 Å². The number of ether oxygens (including phenoxy) is 1. The number of carbonyl (C=O) groups excluding carboxylic acids is 1. The van der Waals surface area contributed by atoms with E-state index in [9.17, 15) is 4.79 Å². The number of hydrogen-bond acceptors (Lipinski definition) is 6. The van der Waals surface area contributed by atoms with Crippen LogP contribution < -0.4 is 10.1 Å². The van der Waals surface area contributed by atoms with Crippen LogP contribution in [0.4, 0.5) is 0 Å². The highest BCUT2D eigenvalue weighted by molar-refractivity contribution is 7.08. The molecule has 2 aromatic heterocycles. The summed E-state index contributed by atoms with van der Waals surface area (Å²) in [6.45, 7) is 3.81. The van der Waals surface area contributed by atoms with Crippen molar-refractivity contribution in [1.29, 1.82) is 0 Å². The smallest absolute Gasteiger partial charge is 0.265 e. The summed E-state index contributed by atoms with van der Waals surface area (Å²) in [7, 11) is 0. The molecule has 7 heteroatoms. The maximum absolute atomic E-state index is 12.2. The highest BCUT2D eigenvalue weighted by atomic mass is 32.1. The maximum Gasteiger partial charge on any atom is 0.265 e. The lowest BCUT2D eigenvalue weighted by Crippen LogP contribution is -2.39. The normalized spacial score (nSPS) is 21.0. The summed E-state index contributed by atoms with van der Waals surface area (Å²) in [5.41, 5.74) is 1.81. The van der Waals surface area contributed by atoms with E-state index in [1.807, 2.05) is 25.3 Å². The van der Waals surface area contributed by atoms with Gasteiger partial charge in [0.2, 0.25) is 5.88 Å². The molecule has 23 heavy (non-hydrogen) atoms. The number of amides is 1. The maximum atomic E-state index is 12.2. The molecule has 0 saturated heterocycles. The lowest BCUT2D eigenvalue weighted by atomic mass is 9.93. The molecule has 6 nitrogen and oxygen atoms in total. The molecule has 1 N–H and O–H groups in total. The highest BCUT2D eigenvalue weighted by Gasteiger charge is 2.25. The van der Waals surface area contributed by atoms with E-state index in [-0.39, 0.29) is 18.1 Å². The number of aromatic nitrogens is 3. The van der Waals surface area contributed by atoms with Gasteiger partial charge in [-0.2, -0.15) is 0 Å². The van der Waals surface area contributed by atoms with Crippen LogP contribution >= 0.6 is 11.5 Å². The van der Waals surface area contributed by atoms with E-state index in [2.05, 4.69) is 19.9 Å².